The molecule has 0 saturated heterocycles. The van der Waals surface area contributed by atoms with E-state index in [1.54, 1.807) is 48.6 Å². The molecule has 0 heterocycles. The van der Waals surface area contributed by atoms with E-state index in [1.165, 1.54) is 12.1 Å². The molecule has 0 aromatic heterocycles. The monoisotopic (exact) mass is 670 g/mol. The van der Waals surface area contributed by atoms with E-state index in [-0.39, 0.29) is 0 Å². The van der Waals surface area contributed by atoms with Crippen molar-refractivity contribution < 1.29 is 70.0 Å². The number of alkyl halides is 6. The van der Waals surface area contributed by atoms with Gasteiger partial charge in [0.15, 0.2) is 0 Å². The molecule has 0 atom stereocenters. The van der Waals surface area contributed by atoms with Crippen LogP contribution in [0.4, 0.5) is 26.3 Å². The fourth-order valence-electron chi connectivity index (χ4n) is 4.02. The molecule has 6 nitrogen and oxygen atoms in total. The molecule has 0 radical (unpaired) electrons. The van der Waals surface area contributed by atoms with Crippen LogP contribution in [-0.4, -0.2) is 27.9 Å². The molecule has 39 heavy (non-hydrogen) atoms. The van der Waals surface area contributed by atoms with E-state index in [4.69, 9.17) is 5.63 Å². The number of hydrogen-bond acceptors (Lipinski definition) is 6. The topological polar surface area (TPSA) is 86.7 Å². The molecule has 0 fully saturated rings. The zero-order valence-corrected chi connectivity index (χ0v) is 23.5. The SMILES string of the molecule is O=S(=O)(c1ccccc1[O][Zr]([O]c1ccccc1S(=O)(=O)C(F)(F)F)([CH]1C=CC=C1)[CH]1C=CC=C1)C(F)(F)F. The minimum atomic E-state index is -5.91. The van der Waals surface area contributed by atoms with Gasteiger partial charge in [-0.15, -0.1) is 0 Å². The van der Waals surface area contributed by atoms with Crippen molar-refractivity contribution >= 4 is 19.7 Å². The fraction of sp³-hybridized carbons (Fsp3) is 0.167. The summed E-state index contributed by atoms with van der Waals surface area (Å²) in [4.78, 5) is -2.43. The Morgan fingerprint density at radius 3 is 1.18 bits per heavy atom. The summed E-state index contributed by atoms with van der Waals surface area (Å²) in [6, 6.07) is 7.91. The number of sulfone groups is 2. The number of benzene rings is 2. The summed E-state index contributed by atoms with van der Waals surface area (Å²) in [5, 5.41) is 0. The summed E-state index contributed by atoms with van der Waals surface area (Å²) < 4.78 is 141. The molecule has 0 amide bonds. The Morgan fingerprint density at radius 2 is 0.872 bits per heavy atom. The molecule has 15 heteroatoms. The van der Waals surface area contributed by atoms with E-state index in [2.05, 4.69) is 0 Å². The second-order valence-electron chi connectivity index (χ2n) is 8.31. The molecule has 2 aliphatic rings. The summed E-state index contributed by atoms with van der Waals surface area (Å²) in [7, 11) is -11.8. The number of para-hydroxylation sites is 2. The van der Waals surface area contributed by atoms with Gasteiger partial charge in [0.2, 0.25) is 0 Å². The predicted molar refractivity (Wildman–Crippen MR) is 125 cm³/mol. The zero-order chi connectivity index (χ0) is 28.7. The van der Waals surface area contributed by atoms with Crippen molar-refractivity contribution in [2.24, 2.45) is 0 Å². The molecule has 2 aliphatic carbocycles. The van der Waals surface area contributed by atoms with Gasteiger partial charge in [-0.2, -0.15) is 0 Å². The molecule has 0 unspecified atom stereocenters. The Balaban J connectivity index is 1.96. The second-order valence-corrected chi connectivity index (χ2v) is 20.0. The van der Waals surface area contributed by atoms with Gasteiger partial charge in [-0.3, -0.25) is 0 Å². The maximum absolute atomic E-state index is 13.5. The van der Waals surface area contributed by atoms with Crippen molar-refractivity contribution in [2.75, 3.05) is 0 Å². The second kappa shape index (κ2) is 10.4. The van der Waals surface area contributed by atoms with Gasteiger partial charge in [-0.05, 0) is 0 Å². The third-order valence-corrected chi connectivity index (χ3v) is 18.0. The Labute approximate surface area is 225 Å². The van der Waals surface area contributed by atoms with E-state index in [0.29, 0.717) is 12.1 Å². The zero-order valence-electron chi connectivity index (χ0n) is 19.4. The van der Waals surface area contributed by atoms with Gasteiger partial charge < -0.3 is 0 Å². The van der Waals surface area contributed by atoms with Crippen LogP contribution in [-0.2, 0) is 40.8 Å². The van der Waals surface area contributed by atoms with Crippen molar-refractivity contribution in [2.45, 2.75) is 28.1 Å². The molecule has 0 N–H and O–H groups in total. The molecule has 208 valence electrons. The van der Waals surface area contributed by atoms with Crippen LogP contribution < -0.4 is 5.63 Å². The third-order valence-electron chi connectivity index (χ3n) is 5.85. The summed E-state index contributed by atoms with van der Waals surface area (Å²) >= 11 is -5.43. The van der Waals surface area contributed by atoms with Crippen LogP contribution >= 0.6 is 0 Å². The predicted octanol–water partition coefficient (Wildman–Crippen LogP) is 6.54. The van der Waals surface area contributed by atoms with Gasteiger partial charge in [0.05, 0.1) is 0 Å². The van der Waals surface area contributed by atoms with E-state index in [0.717, 1.165) is 24.3 Å². The van der Waals surface area contributed by atoms with Crippen molar-refractivity contribution in [1.82, 2.24) is 0 Å². The molecule has 0 aliphatic heterocycles. The average Bonchev–Trinajstić information content (AvgIpc) is 3.58. The first-order valence-electron chi connectivity index (χ1n) is 11.0. The molecule has 0 spiro atoms. The van der Waals surface area contributed by atoms with Crippen molar-refractivity contribution in [3.05, 3.63) is 97.1 Å². The van der Waals surface area contributed by atoms with E-state index < -0.39 is 80.4 Å². The van der Waals surface area contributed by atoms with Crippen LogP contribution in [0.25, 0.3) is 0 Å². The van der Waals surface area contributed by atoms with Crippen LogP contribution in [0.1, 0.15) is 0 Å². The number of rotatable bonds is 8. The first-order chi connectivity index (χ1) is 18.1. The van der Waals surface area contributed by atoms with Gasteiger partial charge in [0.1, 0.15) is 0 Å². The standard InChI is InChI=1S/2C7H5F3O3S.2C5H5.Zr/c2*8-7(9,10)14(12,13)6-4-2-1-3-5(6)11;2*1-2-4-5-3-1;/h2*1-4,11H;2*1-5H;/q;;;;+2/p-2. The Morgan fingerprint density at radius 1 is 0.564 bits per heavy atom. The van der Waals surface area contributed by atoms with Crippen LogP contribution in [0.15, 0.2) is 107 Å². The van der Waals surface area contributed by atoms with E-state index in [1.807, 2.05) is 0 Å². The summed E-state index contributed by atoms with van der Waals surface area (Å²) in [5.74, 6) is -1.44. The van der Waals surface area contributed by atoms with E-state index >= 15 is 0 Å². The summed E-state index contributed by atoms with van der Waals surface area (Å²) in [6.07, 6.45) is 12.4. The van der Waals surface area contributed by atoms with Gasteiger partial charge in [0.25, 0.3) is 0 Å². The van der Waals surface area contributed by atoms with Crippen LogP contribution in [0.3, 0.4) is 0 Å². The first-order valence-corrected chi connectivity index (χ1v) is 18.8. The minimum absolute atomic E-state index is 0.692. The Hall–Kier alpha value is -2.64. The number of hydrogen-bond donors (Lipinski definition) is 0. The van der Waals surface area contributed by atoms with Crippen LogP contribution in [0, 0.1) is 0 Å². The van der Waals surface area contributed by atoms with E-state index in [9.17, 15) is 43.2 Å². The van der Waals surface area contributed by atoms with Gasteiger partial charge in [-0.25, -0.2) is 0 Å². The molecular formula is C24H18F6O6S2Zr. The molecule has 2 aromatic carbocycles. The van der Waals surface area contributed by atoms with Gasteiger partial charge in [0, 0.05) is 0 Å². The first kappa shape index (κ1) is 29.3. The quantitative estimate of drug-likeness (QED) is 0.296. The molecular weight excluding hydrogens is 654 g/mol. The van der Waals surface area contributed by atoms with Gasteiger partial charge in [-0.1, -0.05) is 0 Å². The Bertz CT molecular complexity index is 1450. The van der Waals surface area contributed by atoms with Crippen molar-refractivity contribution in [3.8, 4) is 11.5 Å². The fourth-order valence-corrected chi connectivity index (χ4v) is 15.0. The third kappa shape index (κ3) is 5.40. The van der Waals surface area contributed by atoms with Crippen LogP contribution in [0.2, 0.25) is 7.25 Å². The van der Waals surface area contributed by atoms with Crippen LogP contribution in [0.5, 0.6) is 11.5 Å². The molecule has 0 saturated carbocycles. The average molecular weight is 672 g/mol. The maximum atomic E-state index is 13.5. The summed E-state index contributed by atoms with van der Waals surface area (Å²) in [6.45, 7) is 0. The summed E-state index contributed by atoms with van der Waals surface area (Å²) in [5.41, 5.74) is -11.4. The van der Waals surface area contributed by atoms with Gasteiger partial charge >= 0.3 is 226 Å². The molecule has 4 rings (SSSR count). The number of halogens is 6. The molecule has 0 bridgehead atoms. The molecule has 2 aromatic rings. The normalized spacial score (nSPS) is 16.8. The van der Waals surface area contributed by atoms with Crippen molar-refractivity contribution in [3.63, 3.8) is 0 Å². The van der Waals surface area contributed by atoms with Crippen molar-refractivity contribution in [1.29, 1.82) is 0 Å². The number of allylic oxidation sites excluding steroid dienone is 8. The Kier molecular flexibility index (Phi) is 7.83.